The molecule has 1 aliphatic heterocycles. The molecular formula is C27H37N3O5. The van der Waals surface area contributed by atoms with Gasteiger partial charge in [0.15, 0.2) is 0 Å². The summed E-state index contributed by atoms with van der Waals surface area (Å²) in [5.74, 6) is -1.83. The van der Waals surface area contributed by atoms with Crippen LogP contribution in [0.1, 0.15) is 53.0 Å². The fraction of sp³-hybridized carbons (Fsp3) is 0.519. The molecule has 2 amide bonds. The Morgan fingerprint density at radius 1 is 1.06 bits per heavy atom. The minimum atomic E-state index is -1.38. The van der Waals surface area contributed by atoms with Crippen molar-refractivity contribution in [3.63, 3.8) is 0 Å². The van der Waals surface area contributed by atoms with Gasteiger partial charge in [0.1, 0.15) is 17.2 Å². The summed E-state index contributed by atoms with van der Waals surface area (Å²) in [6.07, 6.45) is -0.160. The van der Waals surface area contributed by atoms with Gasteiger partial charge in [0, 0.05) is 19.6 Å². The van der Waals surface area contributed by atoms with Gasteiger partial charge in [0.2, 0.25) is 5.91 Å². The van der Waals surface area contributed by atoms with Crippen LogP contribution in [-0.2, 0) is 20.9 Å². The summed E-state index contributed by atoms with van der Waals surface area (Å²) in [4.78, 5) is 39.9. The van der Waals surface area contributed by atoms with Crippen molar-refractivity contribution in [3.8, 4) is 0 Å². The van der Waals surface area contributed by atoms with Gasteiger partial charge in [-0.3, -0.25) is 9.69 Å². The number of amides is 2. The number of carboxylic acid groups (broad SMARTS) is 1. The molecule has 2 aromatic carbocycles. The first-order valence-corrected chi connectivity index (χ1v) is 12.1. The smallest absolute Gasteiger partial charge is 0.408 e. The molecule has 0 unspecified atom stereocenters. The second kappa shape index (κ2) is 10.6. The Hall–Kier alpha value is -3.13. The third-order valence-corrected chi connectivity index (χ3v) is 6.38. The zero-order valence-electron chi connectivity index (χ0n) is 21.3. The highest BCUT2D eigenvalue weighted by molar-refractivity contribution is 5.91. The molecule has 2 aromatic rings. The summed E-state index contributed by atoms with van der Waals surface area (Å²) in [5, 5.41) is 17.8. The third-order valence-electron chi connectivity index (χ3n) is 6.38. The molecule has 0 aromatic heterocycles. The minimum Gasteiger partial charge on any atom is -0.480 e. The SMILES string of the molecule is CC(C)[C@H](NC(=O)OC(C)(C)C)C(=O)NC1(C(=O)O)CCN(Cc2cccc3ccccc23)CC1. The van der Waals surface area contributed by atoms with E-state index in [1.807, 2.05) is 18.2 Å². The highest BCUT2D eigenvalue weighted by Crippen LogP contribution is 2.27. The number of piperidine rings is 1. The van der Waals surface area contributed by atoms with Gasteiger partial charge in [-0.1, -0.05) is 56.3 Å². The maximum Gasteiger partial charge on any atom is 0.408 e. The number of benzene rings is 2. The van der Waals surface area contributed by atoms with Gasteiger partial charge in [-0.15, -0.1) is 0 Å². The van der Waals surface area contributed by atoms with Crippen molar-refractivity contribution in [2.45, 2.75) is 71.2 Å². The van der Waals surface area contributed by atoms with Gasteiger partial charge in [0.25, 0.3) is 0 Å². The molecule has 190 valence electrons. The van der Waals surface area contributed by atoms with E-state index in [0.29, 0.717) is 19.6 Å². The molecule has 35 heavy (non-hydrogen) atoms. The molecule has 8 heteroatoms. The highest BCUT2D eigenvalue weighted by atomic mass is 16.6. The van der Waals surface area contributed by atoms with Crippen LogP contribution in [0.4, 0.5) is 4.79 Å². The summed E-state index contributed by atoms with van der Waals surface area (Å²) in [6, 6.07) is 13.5. The van der Waals surface area contributed by atoms with E-state index in [9.17, 15) is 19.5 Å². The van der Waals surface area contributed by atoms with E-state index >= 15 is 0 Å². The van der Waals surface area contributed by atoms with Gasteiger partial charge in [-0.05, 0) is 55.9 Å². The van der Waals surface area contributed by atoms with E-state index in [1.165, 1.54) is 16.3 Å². The summed E-state index contributed by atoms with van der Waals surface area (Å²) in [7, 11) is 0. The van der Waals surface area contributed by atoms with Crippen molar-refractivity contribution in [2.75, 3.05) is 13.1 Å². The molecule has 0 spiro atoms. The van der Waals surface area contributed by atoms with Gasteiger partial charge < -0.3 is 20.5 Å². The van der Waals surface area contributed by atoms with Crippen LogP contribution in [0.3, 0.4) is 0 Å². The number of nitrogens with one attached hydrogen (secondary N) is 2. The highest BCUT2D eigenvalue weighted by Gasteiger charge is 2.44. The number of fused-ring (bicyclic) bond motifs is 1. The molecule has 1 atom stereocenters. The number of carboxylic acids is 1. The number of aliphatic carboxylic acids is 1. The molecule has 0 aliphatic carbocycles. The average Bonchev–Trinajstić information content (AvgIpc) is 2.77. The topological polar surface area (TPSA) is 108 Å². The van der Waals surface area contributed by atoms with Crippen LogP contribution in [0.15, 0.2) is 42.5 Å². The predicted octanol–water partition coefficient (Wildman–Crippen LogP) is 3.92. The normalized spacial score (nSPS) is 17.1. The van der Waals surface area contributed by atoms with Crippen LogP contribution >= 0.6 is 0 Å². The molecule has 3 N–H and O–H groups in total. The number of hydrogen-bond donors (Lipinski definition) is 3. The largest absolute Gasteiger partial charge is 0.480 e. The first-order valence-electron chi connectivity index (χ1n) is 12.1. The van der Waals surface area contributed by atoms with Crippen molar-refractivity contribution < 1.29 is 24.2 Å². The van der Waals surface area contributed by atoms with Crippen molar-refractivity contribution >= 4 is 28.7 Å². The van der Waals surface area contributed by atoms with Gasteiger partial charge in [-0.25, -0.2) is 9.59 Å². The fourth-order valence-electron chi connectivity index (χ4n) is 4.44. The number of likely N-dealkylation sites (tertiary alicyclic amines) is 1. The summed E-state index contributed by atoms with van der Waals surface area (Å²) in [6.45, 7) is 10.6. The van der Waals surface area contributed by atoms with Crippen LogP contribution < -0.4 is 10.6 Å². The van der Waals surface area contributed by atoms with E-state index in [2.05, 4.69) is 39.8 Å². The zero-order chi connectivity index (χ0) is 25.8. The van der Waals surface area contributed by atoms with Crippen LogP contribution in [0, 0.1) is 5.92 Å². The molecule has 1 fully saturated rings. The van der Waals surface area contributed by atoms with Crippen LogP contribution in [0.2, 0.25) is 0 Å². The van der Waals surface area contributed by atoms with E-state index in [1.54, 1.807) is 34.6 Å². The predicted molar refractivity (Wildman–Crippen MR) is 135 cm³/mol. The monoisotopic (exact) mass is 483 g/mol. The van der Waals surface area contributed by atoms with Crippen molar-refractivity contribution in [1.82, 2.24) is 15.5 Å². The van der Waals surface area contributed by atoms with Crippen LogP contribution in [0.25, 0.3) is 10.8 Å². The van der Waals surface area contributed by atoms with Gasteiger partial charge in [0.05, 0.1) is 0 Å². The summed E-state index contributed by atoms with van der Waals surface area (Å²) < 4.78 is 5.28. The summed E-state index contributed by atoms with van der Waals surface area (Å²) >= 11 is 0. The maximum atomic E-state index is 13.1. The summed E-state index contributed by atoms with van der Waals surface area (Å²) in [5.41, 5.74) is -0.896. The molecule has 0 saturated carbocycles. The van der Waals surface area contributed by atoms with Gasteiger partial charge >= 0.3 is 12.1 Å². The van der Waals surface area contributed by atoms with E-state index in [-0.39, 0.29) is 18.8 Å². The number of ether oxygens (including phenoxy) is 1. The second-order valence-electron chi connectivity index (χ2n) is 10.7. The molecule has 1 aliphatic rings. The number of rotatable bonds is 7. The Kier molecular flexibility index (Phi) is 8.05. The van der Waals surface area contributed by atoms with E-state index in [0.717, 1.165) is 0 Å². The van der Waals surface area contributed by atoms with E-state index < -0.39 is 35.2 Å². The Morgan fingerprint density at radius 2 is 1.69 bits per heavy atom. The number of carbonyl (C=O) groups is 3. The Balaban J connectivity index is 1.67. The molecule has 1 saturated heterocycles. The van der Waals surface area contributed by atoms with Crippen LogP contribution in [0.5, 0.6) is 0 Å². The molecule has 1 heterocycles. The zero-order valence-corrected chi connectivity index (χ0v) is 21.3. The molecule has 8 nitrogen and oxygen atoms in total. The molecular weight excluding hydrogens is 446 g/mol. The lowest BCUT2D eigenvalue weighted by Crippen LogP contribution is -2.63. The lowest BCUT2D eigenvalue weighted by atomic mass is 9.86. The number of alkyl carbamates (subject to hydrolysis) is 1. The number of hydrogen-bond acceptors (Lipinski definition) is 5. The van der Waals surface area contributed by atoms with Crippen molar-refractivity contribution in [3.05, 3.63) is 48.0 Å². The minimum absolute atomic E-state index is 0.250. The lowest BCUT2D eigenvalue weighted by molar-refractivity contribution is -0.150. The Labute approximate surface area is 207 Å². The standard InChI is InChI=1S/C27H37N3O5/c1-18(2)22(28-25(34)35-26(3,4)5)23(31)29-27(24(32)33)13-15-30(16-14-27)17-20-11-8-10-19-9-6-7-12-21(19)20/h6-12,18,22H,13-17H2,1-5H3,(H,28,34)(H,29,31)(H,32,33)/t22-/m0/s1. The fourth-order valence-corrected chi connectivity index (χ4v) is 4.44. The van der Waals surface area contributed by atoms with E-state index in [4.69, 9.17) is 4.74 Å². The molecule has 3 rings (SSSR count). The Morgan fingerprint density at radius 3 is 2.29 bits per heavy atom. The Bertz CT molecular complexity index is 1060. The number of nitrogens with zero attached hydrogens (tertiary/aromatic N) is 1. The average molecular weight is 484 g/mol. The molecule has 0 bridgehead atoms. The number of carbonyl (C=O) groups excluding carboxylic acids is 2. The first kappa shape index (κ1) is 26.5. The second-order valence-corrected chi connectivity index (χ2v) is 10.7. The van der Waals surface area contributed by atoms with Gasteiger partial charge in [-0.2, -0.15) is 0 Å². The molecule has 0 radical (unpaired) electrons. The maximum absolute atomic E-state index is 13.1. The third kappa shape index (κ3) is 6.72. The first-order chi connectivity index (χ1) is 16.4. The van der Waals surface area contributed by atoms with Crippen molar-refractivity contribution in [1.29, 1.82) is 0 Å². The van der Waals surface area contributed by atoms with Crippen molar-refractivity contribution in [2.24, 2.45) is 5.92 Å². The lowest BCUT2D eigenvalue weighted by Gasteiger charge is -2.40. The quantitative estimate of drug-likeness (QED) is 0.551. The van der Waals surface area contributed by atoms with Crippen LogP contribution in [-0.4, -0.2) is 58.2 Å².